The predicted octanol–water partition coefficient (Wildman–Crippen LogP) is 4.92. The van der Waals surface area contributed by atoms with E-state index in [1.807, 2.05) is 82.3 Å². The number of amides is 1. The molecule has 178 valence electrons. The van der Waals surface area contributed by atoms with Crippen molar-refractivity contribution in [3.8, 4) is 17.2 Å². The van der Waals surface area contributed by atoms with E-state index in [-0.39, 0.29) is 24.3 Å². The molecule has 0 saturated heterocycles. The number of rotatable bonds is 8. The summed E-state index contributed by atoms with van der Waals surface area (Å²) < 4.78 is 13.1. The molecule has 2 heterocycles. The fourth-order valence-electron chi connectivity index (χ4n) is 4.28. The van der Waals surface area contributed by atoms with E-state index in [2.05, 4.69) is 23.2 Å². The molecule has 0 aliphatic carbocycles. The van der Waals surface area contributed by atoms with E-state index in [9.17, 15) is 4.79 Å². The van der Waals surface area contributed by atoms with Gasteiger partial charge in [0.05, 0.1) is 12.9 Å². The number of nitrogens with zero attached hydrogens (tertiary/aromatic N) is 4. The summed E-state index contributed by atoms with van der Waals surface area (Å²) >= 11 is 1.39. The smallest absolute Gasteiger partial charge is 0.237 e. The lowest BCUT2D eigenvalue weighted by molar-refractivity contribution is -0.116. The summed E-state index contributed by atoms with van der Waals surface area (Å²) in [5.74, 6) is 2.46. The van der Waals surface area contributed by atoms with Gasteiger partial charge in [0.15, 0.2) is 11.0 Å². The summed E-state index contributed by atoms with van der Waals surface area (Å²) in [6, 6.07) is 25.5. The maximum absolute atomic E-state index is 13.2. The summed E-state index contributed by atoms with van der Waals surface area (Å²) in [5.41, 5.74) is 3.13. The molecule has 5 rings (SSSR count). The highest BCUT2D eigenvalue weighted by Gasteiger charge is 2.30. The minimum atomic E-state index is 0.0612. The van der Waals surface area contributed by atoms with Gasteiger partial charge in [0.2, 0.25) is 5.91 Å². The SMILES string of the molecule is COc1ccc(OCc2nnc(SCC(=O)N3c4ccccc4C[C@@H]3C)n2-c2ccccc2)cc1. The number of hydrogen-bond acceptors (Lipinski definition) is 6. The average molecular weight is 487 g/mol. The first-order chi connectivity index (χ1) is 17.1. The number of methoxy groups -OCH3 is 1. The Morgan fingerprint density at radius 2 is 1.69 bits per heavy atom. The fourth-order valence-corrected chi connectivity index (χ4v) is 5.12. The summed E-state index contributed by atoms with van der Waals surface area (Å²) in [6.07, 6.45) is 0.875. The number of anilines is 1. The fraction of sp³-hybridized carbons (Fsp3) is 0.222. The molecule has 7 nitrogen and oxygen atoms in total. The van der Waals surface area contributed by atoms with Gasteiger partial charge in [0, 0.05) is 17.4 Å². The lowest BCUT2D eigenvalue weighted by atomic mass is 10.1. The van der Waals surface area contributed by atoms with Gasteiger partial charge >= 0.3 is 0 Å². The van der Waals surface area contributed by atoms with Crippen LogP contribution in [0.3, 0.4) is 0 Å². The Balaban J connectivity index is 1.34. The third-order valence-electron chi connectivity index (χ3n) is 5.94. The molecule has 0 spiro atoms. The van der Waals surface area contributed by atoms with E-state index in [1.165, 1.54) is 17.3 Å². The Morgan fingerprint density at radius 3 is 2.46 bits per heavy atom. The summed E-state index contributed by atoms with van der Waals surface area (Å²) in [6.45, 7) is 2.32. The molecule has 4 aromatic rings. The quantitative estimate of drug-likeness (QED) is 0.329. The lowest BCUT2D eigenvalue weighted by Crippen LogP contribution is -2.37. The Kier molecular flexibility index (Phi) is 6.72. The van der Waals surface area contributed by atoms with Crippen molar-refractivity contribution in [2.45, 2.75) is 31.1 Å². The van der Waals surface area contributed by atoms with Crippen molar-refractivity contribution in [1.82, 2.24) is 14.8 Å². The summed E-state index contributed by atoms with van der Waals surface area (Å²) in [5, 5.41) is 9.44. The van der Waals surface area contributed by atoms with E-state index < -0.39 is 0 Å². The van der Waals surface area contributed by atoms with Gasteiger partial charge in [-0.2, -0.15) is 0 Å². The second kappa shape index (κ2) is 10.2. The standard InChI is InChI=1S/C27H26N4O3S/c1-19-16-20-8-6-7-11-24(20)30(19)26(32)18-35-27-29-28-25(31(27)21-9-4-3-5-10-21)17-34-23-14-12-22(33-2)13-15-23/h3-15,19H,16-18H2,1-2H3/t19-/m0/s1. The van der Waals surface area contributed by atoms with Crippen molar-refractivity contribution in [2.75, 3.05) is 17.8 Å². The van der Waals surface area contributed by atoms with Crippen LogP contribution in [0.2, 0.25) is 0 Å². The number of thioether (sulfide) groups is 1. The third kappa shape index (κ3) is 4.88. The molecule has 0 N–H and O–H groups in total. The minimum absolute atomic E-state index is 0.0612. The van der Waals surface area contributed by atoms with Crippen molar-refractivity contribution in [2.24, 2.45) is 0 Å². The van der Waals surface area contributed by atoms with Crippen LogP contribution in [0.5, 0.6) is 11.5 Å². The van der Waals surface area contributed by atoms with Crippen molar-refractivity contribution in [3.63, 3.8) is 0 Å². The molecule has 1 aliphatic heterocycles. The van der Waals surface area contributed by atoms with Gasteiger partial charge in [-0.1, -0.05) is 48.2 Å². The van der Waals surface area contributed by atoms with Crippen LogP contribution in [0.4, 0.5) is 5.69 Å². The van der Waals surface area contributed by atoms with E-state index in [4.69, 9.17) is 9.47 Å². The molecule has 0 unspecified atom stereocenters. The summed E-state index contributed by atoms with van der Waals surface area (Å²) in [7, 11) is 1.63. The molecule has 0 radical (unpaired) electrons. The molecule has 35 heavy (non-hydrogen) atoms. The van der Waals surface area contributed by atoms with E-state index >= 15 is 0 Å². The Bertz CT molecular complexity index is 1310. The van der Waals surface area contributed by atoms with Crippen molar-refractivity contribution >= 4 is 23.4 Å². The maximum atomic E-state index is 13.2. The van der Waals surface area contributed by atoms with Crippen LogP contribution in [-0.2, 0) is 17.8 Å². The largest absolute Gasteiger partial charge is 0.497 e. The lowest BCUT2D eigenvalue weighted by Gasteiger charge is -2.22. The molecular formula is C27H26N4O3S. The highest BCUT2D eigenvalue weighted by Crippen LogP contribution is 2.33. The second-order valence-corrected chi connectivity index (χ2v) is 9.21. The zero-order chi connectivity index (χ0) is 24.2. The molecule has 1 aromatic heterocycles. The van der Waals surface area contributed by atoms with Crippen LogP contribution < -0.4 is 14.4 Å². The van der Waals surface area contributed by atoms with Gasteiger partial charge in [-0.25, -0.2) is 0 Å². The Morgan fingerprint density at radius 1 is 0.971 bits per heavy atom. The molecule has 0 fully saturated rings. The van der Waals surface area contributed by atoms with Gasteiger partial charge in [-0.05, 0) is 61.4 Å². The van der Waals surface area contributed by atoms with E-state index in [0.29, 0.717) is 16.7 Å². The Hall–Kier alpha value is -3.78. The number of benzene rings is 3. The molecule has 1 atom stereocenters. The number of para-hydroxylation sites is 2. The molecule has 1 amide bonds. The monoisotopic (exact) mass is 486 g/mol. The van der Waals surface area contributed by atoms with Crippen LogP contribution >= 0.6 is 11.8 Å². The van der Waals surface area contributed by atoms with Gasteiger partial charge < -0.3 is 14.4 Å². The van der Waals surface area contributed by atoms with Crippen molar-refractivity contribution in [1.29, 1.82) is 0 Å². The molecule has 0 bridgehead atoms. The van der Waals surface area contributed by atoms with Crippen LogP contribution in [0, 0.1) is 0 Å². The third-order valence-corrected chi connectivity index (χ3v) is 6.86. The van der Waals surface area contributed by atoms with Crippen LogP contribution in [-0.4, -0.2) is 39.6 Å². The van der Waals surface area contributed by atoms with Gasteiger partial charge in [0.25, 0.3) is 0 Å². The molecule has 0 saturated carbocycles. The zero-order valence-electron chi connectivity index (χ0n) is 19.6. The second-order valence-electron chi connectivity index (χ2n) is 8.27. The first kappa shape index (κ1) is 23.0. The highest BCUT2D eigenvalue weighted by atomic mass is 32.2. The van der Waals surface area contributed by atoms with Crippen molar-refractivity contribution in [3.05, 3.63) is 90.3 Å². The number of carbonyl (C=O) groups excluding carboxylic acids is 1. The topological polar surface area (TPSA) is 69.5 Å². The van der Waals surface area contributed by atoms with Gasteiger partial charge in [-0.3, -0.25) is 9.36 Å². The van der Waals surface area contributed by atoms with Crippen LogP contribution in [0.15, 0.2) is 84.0 Å². The number of ether oxygens (including phenoxy) is 2. The van der Waals surface area contributed by atoms with Crippen molar-refractivity contribution < 1.29 is 14.3 Å². The number of carbonyl (C=O) groups is 1. The average Bonchev–Trinajstić information content (AvgIpc) is 3.46. The molecule has 1 aliphatic rings. The van der Waals surface area contributed by atoms with Crippen LogP contribution in [0.1, 0.15) is 18.3 Å². The summed E-state index contributed by atoms with van der Waals surface area (Å²) in [4.78, 5) is 15.1. The van der Waals surface area contributed by atoms with E-state index in [0.717, 1.165) is 23.5 Å². The Labute approximate surface area is 208 Å². The normalized spacial score (nSPS) is 14.6. The highest BCUT2D eigenvalue weighted by molar-refractivity contribution is 7.99. The van der Waals surface area contributed by atoms with E-state index in [1.54, 1.807) is 7.11 Å². The minimum Gasteiger partial charge on any atom is -0.497 e. The zero-order valence-corrected chi connectivity index (χ0v) is 20.4. The molecule has 8 heteroatoms. The molecule has 3 aromatic carbocycles. The first-order valence-corrected chi connectivity index (χ1v) is 12.4. The predicted molar refractivity (Wildman–Crippen MR) is 137 cm³/mol. The number of hydrogen-bond donors (Lipinski definition) is 0. The van der Waals surface area contributed by atoms with Gasteiger partial charge in [-0.15, -0.1) is 10.2 Å². The molecular weight excluding hydrogens is 460 g/mol. The number of aromatic nitrogens is 3. The van der Waals surface area contributed by atoms with Gasteiger partial charge in [0.1, 0.15) is 18.1 Å². The first-order valence-electron chi connectivity index (χ1n) is 11.4. The number of fused-ring (bicyclic) bond motifs is 1. The van der Waals surface area contributed by atoms with Crippen LogP contribution in [0.25, 0.3) is 5.69 Å². The maximum Gasteiger partial charge on any atom is 0.237 e.